The molecule has 1 saturated heterocycles. The molecule has 2 rings (SSSR count). The SMILES string of the molecule is C=C(C)C(=O)OC1CCCCCC(CC)(CC2(C)COC(O)(C(F)(F)F)C2)CCC1. The molecule has 174 valence electrons. The van der Waals surface area contributed by atoms with E-state index in [-0.39, 0.29) is 24.1 Å². The number of carbonyl (C=O) groups is 1. The van der Waals surface area contributed by atoms with E-state index in [2.05, 4.69) is 13.5 Å². The Hall–Kier alpha value is -1.08. The van der Waals surface area contributed by atoms with Crippen molar-refractivity contribution < 1.29 is 32.5 Å². The third-order valence-corrected chi connectivity index (χ3v) is 6.91. The minimum atomic E-state index is -4.79. The lowest BCUT2D eigenvalue weighted by Gasteiger charge is -2.40. The molecule has 0 spiro atoms. The zero-order valence-corrected chi connectivity index (χ0v) is 18.6. The maximum absolute atomic E-state index is 13.2. The zero-order chi connectivity index (χ0) is 22.6. The van der Waals surface area contributed by atoms with Gasteiger partial charge in [-0.25, -0.2) is 4.79 Å². The van der Waals surface area contributed by atoms with E-state index in [1.165, 1.54) is 0 Å². The standard InChI is InChI=1S/C23H37F3O4/c1-5-21(14-20(4)15-22(28,29-16-20)23(24,25)26)12-8-6-7-10-18(11-9-13-21)30-19(27)17(2)3/h18,28H,2,5-16H2,1,3-4H3. The van der Waals surface area contributed by atoms with Crippen LogP contribution in [-0.2, 0) is 14.3 Å². The minimum Gasteiger partial charge on any atom is -0.459 e. The third kappa shape index (κ3) is 6.22. The molecule has 7 heteroatoms. The van der Waals surface area contributed by atoms with E-state index in [1.807, 2.05) is 0 Å². The molecule has 4 atom stereocenters. The van der Waals surface area contributed by atoms with Gasteiger partial charge in [0.05, 0.1) is 6.61 Å². The average Bonchev–Trinajstić information content (AvgIpc) is 2.96. The lowest BCUT2D eigenvalue weighted by molar-refractivity contribution is -0.349. The molecular formula is C23H37F3O4. The minimum absolute atomic E-state index is 0.0936. The van der Waals surface area contributed by atoms with Crippen LogP contribution in [0.5, 0.6) is 0 Å². The normalized spacial score (nSPS) is 36.3. The van der Waals surface area contributed by atoms with E-state index in [1.54, 1.807) is 13.8 Å². The molecule has 4 unspecified atom stereocenters. The van der Waals surface area contributed by atoms with Crippen molar-refractivity contribution in [3.63, 3.8) is 0 Å². The van der Waals surface area contributed by atoms with Crippen LogP contribution < -0.4 is 0 Å². The Kier molecular flexibility index (Phi) is 8.05. The quantitative estimate of drug-likeness (QED) is 0.421. The van der Waals surface area contributed by atoms with Gasteiger partial charge in [-0.1, -0.05) is 39.7 Å². The first-order chi connectivity index (χ1) is 13.8. The molecule has 4 nitrogen and oxygen atoms in total. The van der Waals surface area contributed by atoms with Crippen LogP contribution >= 0.6 is 0 Å². The third-order valence-electron chi connectivity index (χ3n) is 6.91. The summed E-state index contributed by atoms with van der Waals surface area (Å²) in [4.78, 5) is 11.9. The molecule has 2 aliphatic rings. The van der Waals surface area contributed by atoms with Crippen molar-refractivity contribution >= 4 is 5.97 Å². The number of aliphatic hydroxyl groups is 1. The van der Waals surface area contributed by atoms with Gasteiger partial charge in [-0.15, -0.1) is 0 Å². The molecule has 30 heavy (non-hydrogen) atoms. The van der Waals surface area contributed by atoms with Crippen molar-refractivity contribution in [2.24, 2.45) is 10.8 Å². The number of esters is 1. The first-order valence-electron chi connectivity index (χ1n) is 11.1. The molecule has 2 fully saturated rings. The summed E-state index contributed by atoms with van der Waals surface area (Å²) in [6.07, 6.45) is 3.32. The molecule has 1 aliphatic heterocycles. The summed E-state index contributed by atoms with van der Waals surface area (Å²) in [5.41, 5.74) is -0.438. The highest BCUT2D eigenvalue weighted by molar-refractivity contribution is 5.87. The average molecular weight is 435 g/mol. The van der Waals surface area contributed by atoms with Crippen molar-refractivity contribution in [2.45, 2.75) is 109 Å². The number of halogens is 3. The highest BCUT2D eigenvalue weighted by Crippen LogP contribution is 2.54. The van der Waals surface area contributed by atoms with Crippen LogP contribution in [0.2, 0.25) is 0 Å². The fourth-order valence-electron chi connectivity index (χ4n) is 5.22. The molecule has 0 aromatic heterocycles. The summed E-state index contributed by atoms with van der Waals surface area (Å²) in [5, 5.41) is 9.99. The van der Waals surface area contributed by atoms with Crippen LogP contribution in [0.15, 0.2) is 12.2 Å². The molecule has 1 aliphatic carbocycles. The molecule has 1 saturated carbocycles. The van der Waals surface area contributed by atoms with Crippen molar-refractivity contribution in [3.05, 3.63) is 12.2 Å². The van der Waals surface area contributed by atoms with E-state index in [0.717, 1.165) is 57.8 Å². The monoisotopic (exact) mass is 434 g/mol. The van der Waals surface area contributed by atoms with Gasteiger partial charge in [0.15, 0.2) is 0 Å². The summed E-state index contributed by atoms with van der Waals surface area (Å²) >= 11 is 0. The second-order valence-corrected chi connectivity index (χ2v) is 9.89. The van der Waals surface area contributed by atoms with E-state index in [4.69, 9.17) is 9.47 Å². The van der Waals surface area contributed by atoms with Gasteiger partial charge in [0, 0.05) is 12.0 Å². The molecule has 0 amide bonds. The van der Waals surface area contributed by atoms with Gasteiger partial charge in [-0.2, -0.15) is 13.2 Å². The highest BCUT2D eigenvalue weighted by Gasteiger charge is 2.63. The first-order valence-corrected chi connectivity index (χ1v) is 11.1. The fourth-order valence-corrected chi connectivity index (χ4v) is 5.22. The van der Waals surface area contributed by atoms with Crippen LogP contribution in [-0.4, -0.2) is 35.8 Å². The van der Waals surface area contributed by atoms with Crippen molar-refractivity contribution in [3.8, 4) is 0 Å². The number of alkyl halides is 3. The van der Waals surface area contributed by atoms with Crippen molar-refractivity contribution in [1.29, 1.82) is 0 Å². The summed E-state index contributed by atoms with van der Waals surface area (Å²) in [5.74, 6) is -3.41. The van der Waals surface area contributed by atoms with Gasteiger partial charge >= 0.3 is 12.1 Å². The molecule has 1 N–H and O–H groups in total. The maximum Gasteiger partial charge on any atom is 0.443 e. The van der Waals surface area contributed by atoms with Crippen LogP contribution in [0.25, 0.3) is 0 Å². The molecule has 1 heterocycles. The second kappa shape index (κ2) is 9.60. The van der Waals surface area contributed by atoms with E-state index >= 15 is 0 Å². The van der Waals surface area contributed by atoms with E-state index in [0.29, 0.717) is 12.0 Å². The van der Waals surface area contributed by atoms with Crippen LogP contribution in [0.3, 0.4) is 0 Å². The fraction of sp³-hybridized carbons (Fsp3) is 0.870. The lowest BCUT2D eigenvalue weighted by Crippen LogP contribution is -2.45. The predicted octanol–water partition coefficient (Wildman–Crippen LogP) is 6.07. The van der Waals surface area contributed by atoms with Crippen LogP contribution in [0, 0.1) is 10.8 Å². The van der Waals surface area contributed by atoms with Crippen LogP contribution in [0.1, 0.15) is 91.4 Å². The second-order valence-electron chi connectivity index (χ2n) is 9.89. The Balaban J connectivity index is 2.07. The smallest absolute Gasteiger partial charge is 0.443 e. The molecular weight excluding hydrogens is 397 g/mol. The van der Waals surface area contributed by atoms with Gasteiger partial charge in [-0.05, 0) is 62.7 Å². The highest BCUT2D eigenvalue weighted by atomic mass is 19.4. The zero-order valence-electron chi connectivity index (χ0n) is 18.6. The Morgan fingerprint density at radius 3 is 2.40 bits per heavy atom. The Bertz CT molecular complexity index is 620. The summed E-state index contributed by atoms with van der Waals surface area (Å²) in [7, 11) is 0. The molecule has 0 radical (unpaired) electrons. The van der Waals surface area contributed by atoms with Crippen molar-refractivity contribution in [1.82, 2.24) is 0 Å². The number of hydrogen-bond donors (Lipinski definition) is 1. The number of ether oxygens (including phenoxy) is 2. The van der Waals surface area contributed by atoms with Gasteiger partial charge in [0.25, 0.3) is 5.79 Å². The van der Waals surface area contributed by atoms with E-state index < -0.39 is 23.8 Å². The van der Waals surface area contributed by atoms with Gasteiger partial charge in [0.1, 0.15) is 6.10 Å². The first kappa shape index (κ1) is 25.2. The summed E-state index contributed by atoms with van der Waals surface area (Å²) < 4.78 is 50.2. The van der Waals surface area contributed by atoms with Crippen molar-refractivity contribution in [2.75, 3.05) is 6.61 Å². The number of rotatable bonds is 5. The van der Waals surface area contributed by atoms with Gasteiger partial charge in [0.2, 0.25) is 0 Å². The Morgan fingerprint density at radius 2 is 1.83 bits per heavy atom. The Labute approximate surface area is 178 Å². The number of hydrogen-bond acceptors (Lipinski definition) is 4. The van der Waals surface area contributed by atoms with Crippen LogP contribution in [0.4, 0.5) is 13.2 Å². The summed E-state index contributed by atoms with van der Waals surface area (Å²) in [6, 6.07) is 0. The van der Waals surface area contributed by atoms with Gasteiger partial charge in [-0.3, -0.25) is 0 Å². The summed E-state index contributed by atoms with van der Waals surface area (Å²) in [6.45, 7) is 9.07. The Morgan fingerprint density at radius 1 is 1.20 bits per heavy atom. The largest absolute Gasteiger partial charge is 0.459 e. The number of carbonyl (C=O) groups excluding carboxylic acids is 1. The van der Waals surface area contributed by atoms with E-state index in [9.17, 15) is 23.1 Å². The molecule has 0 bridgehead atoms. The molecule has 0 aromatic carbocycles. The molecule has 0 aromatic rings. The maximum atomic E-state index is 13.2. The topological polar surface area (TPSA) is 55.8 Å². The lowest BCUT2D eigenvalue weighted by atomic mass is 9.64. The predicted molar refractivity (Wildman–Crippen MR) is 109 cm³/mol. The van der Waals surface area contributed by atoms with Gasteiger partial charge < -0.3 is 14.6 Å².